The summed E-state index contributed by atoms with van der Waals surface area (Å²) in [5.74, 6) is 0.623. The van der Waals surface area contributed by atoms with Crippen molar-refractivity contribution in [3.8, 4) is 5.75 Å². The zero-order chi connectivity index (χ0) is 21.6. The average molecular weight is 469 g/mol. The van der Waals surface area contributed by atoms with Gasteiger partial charge in [-0.2, -0.15) is 0 Å². The Morgan fingerprint density at radius 2 is 1.70 bits per heavy atom. The molecule has 1 aliphatic heterocycles. The van der Waals surface area contributed by atoms with Gasteiger partial charge in [-0.15, -0.1) is 0 Å². The van der Waals surface area contributed by atoms with Crippen molar-refractivity contribution in [3.63, 3.8) is 0 Å². The van der Waals surface area contributed by atoms with Gasteiger partial charge in [-0.05, 0) is 62.2 Å². The number of hydrogen-bond donors (Lipinski definition) is 1. The monoisotopic (exact) mass is 468 g/mol. The van der Waals surface area contributed by atoms with Crippen molar-refractivity contribution < 1.29 is 13.2 Å². The molecule has 0 aromatic heterocycles. The number of rotatable bonds is 4. The SMILES string of the molecule is C[C@@H]1CN([C@H]2Cc3c(Cl)cc(Cl)cc3[C@H]2Oc2ccc(S(C)(=O)=O)cc2)C[C@H](C)N1. The van der Waals surface area contributed by atoms with E-state index in [1.165, 1.54) is 6.26 Å². The number of nitrogens with zero attached hydrogens (tertiary/aromatic N) is 1. The highest BCUT2D eigenvalue weighted by atomic mass is 35.5. The Balaban J connectivity index is 1.68. The van der Waals surface area contributed by atoms with Crippen LogP contribution in [0.5, 0.6) is 5.75 Å². The summed E-state index contributed by atoms with van der Waals surface area (Å²) in [6.45, 7) is 6.21. The summed E-state index contributed by atoms with van der Waals surface area (Å²) in [5.41, 5.74) is 2.08. The van der Waals surface area contributed by atoms with Gasteiger partial charge >= 0.3 is 0 Å². The molecule has 4 rings (SSSR count). The lowest BCUT2D eigenvalue weighted by atomic mass is 10.0. The first kappa shape index (κ1) is 21.9. The van der Waals surface area contributed by atoms with Gasteiger partial charge in [0.2, 0.25) is 0 Å². The third-order valence-electron chi connectivity index (χ3n) is 5.83. The summed E-state index contributed by atoms with van der Waals surface area (Å²) in [5, 5.41) is 4.82. The predicted molar refractivity (Wildman–Crippen MR) is 121 cm³/mol. The Bertz CT molecular complexity index is 1030. The minimum atomic E-state index is -3.25. The Labute approximate surface area is 188 Å². The highest BCUT2D eigenvalue weighted by molar-refractivity contribution is 7.90. The van der Waals surface area contributed by atoms with Gasteiger partial charge in [0, 0.05) is 47.0 Å². The smallest absolute Gasteiger partial charge is 0.175 e. The molecule has 2 aliphatic rings. The van der Waals surface area contributed by atoms with E-state index in [4.69, 9.17) is 27.9 Å². The molecule has 2 aromatic rings. The van der Waals surface area contributed by atoms with E-state index in [0.29, 0.717) is 27.9 Å². The number of nitrogens with one attached hydrogen (secondary N) is 1. The summed E-state index contributed by atoms with van der Waals surface area (Å²) in [7, 11) is -3.25. The van der Waals surface area contributed by atoms with Crippen molar-refractivity contribution >= 4 is 33.0 Å². The van der Waals surface area contributed by atoms with Crippen LogP contribution in [-0.2, 0) is 16.3 Å². The molecule has 1 saturated heterocycles. The summed E-state index contributed by atoms with van der Waals surface area (Å²) in [4.78, 5) is 2.74. The minimum absolute atomic E-state index is 0.123. The molecule has 1 N–H and O–H groups in total. The van der Waals surface area contributed by atoms with Crippen LogP contribution in [0, 0.1) is 0 Å². The molecule has 30 heavy (non-hydrogen) atoms. The normalized spacial score (nSPS) is 27.1. The van der Waals surface area contributed by atoms with E-state index >= 15 is 0 Å². The summed E-state index contributed by atoms with van der Waals surface area (Å²) in [6.07, 6.45) is 1.75. The van der Waals surface area contributed by atoms with Gasteiger partial charge < -0.3 is 10.1 Å². The fraction of sp³-hybridized carbons (Fsp3) is 0.455. The highest BCUT2D eigenvalue weighted by Gasteiger charge is 2.41. The van der Waals surface area contributed by atoms with E-state index in [9.17, 15) is 8.42 Å². The minimum Gasteiger partial charge on any atom is -0.484 e. The van der Waals surface area contributed by atoms with Gasteiger partial charge in [-0.25, -0.2) is 8.42 Å². The molecule has 1 heterocycles. The zero-order valence-electron chi connectivity index (χ0n) is 17.2. The molecule has 0 amide bonds. The Kier molecular flexibility index (Phi) is 6.08. The van der Waals surface area contributed by atoms with Crippen molar-refractivity contribution in [3.05, 3.63) is 57.6 Å². The van der Waals surface area contributed by atoms with E-state index in [-0.39, 0.29) is 17.0 Å². The molecule has 0 bridgehead atoms. The second-order valence-electron chi connectivity index (χ2n) is 8.43. The van der Waals surface area contributed by atoms with Crippen LogP contribution in [-0.4, -0.2) is 50.8 Å². The van der Waals surface area contributed by atoms with Gasteiger partial charge in [0.15, 0.2) is 9.84 Å². The number of sulfone groups is 1. The lowest BCUT2D eigenvalue weighted by Crippen LogP contribution is -2.58. The van der Waals surface area contributed by atoms with Crippen LogP contribution in [0.1, 0.15) is 31.1 Å². The van der Waals surface area contributed by atoms with E-state index < -0.39 is 9.84 Å². The standard InChI is InChI=1S/C22H26Cl2N2O3S/c1-13-11-26(12-14(2)25-13)21-10-18-19(8-15(23)9-20(18)24)22(21)29-16-4-6-17(7-5-16)30(3,27)28/h4-9,13-14,21-22,25H,10-12H2,1-3H3/t13-,14+,21-,22+/m0/s1. The number of hydrogen-bond acceptors (Lipinski definition) is 5. The first-order valence-corrected chi connectivity index (χ1v) is 12.7. The molecule has 0 spiro atoms. The van der Waals surface area contributed by atoms with Crippen molar-refractivity contribution in [2.24, 2.45) is 0 Å². The van der Waals surface area contributed by atoms with Crippen molar-refractivity contribution in [1.29, 1.82) is 0 Å². The molecule has 2 aromatic carbocycles. The largest absolute Gasteiger partial charge is 0.484 e. The van der Waals surface area contributed by atoms with E-state index in [2.05, 4.69) is 24.1 Å². The third kappa shape index (κ3) is 4.48. The maximum Gasteiger partial charge on any atom is 0.175 e. The molecule has 8 heteroatoms. The topological polar surface area (TPSA) is 58.6 Å². The molecule has 0 radical (unpaired) electrons. The van der Waals surface area contributed by atoms with Crippen LogP contribution in [0.2, 0.25) is 10.0 Å². The van der Waals surface area contributed by atoms with Crippen LogP contribution < -0.4 is 10.1 Å². The quantitative estimate of drug-likeness (QED) is 0.730. The van der Waals surface area contributed by atoms with Crippen LogP contribution in [0.25, 0.3) is 0 Å². The average Bonchev–Trinajstić information content (AvgIpc) is 2.99. The van der Waals surface area contributed by atoms with Crippen LogP contribution in [0.4, 0.5) is 0 Å². The third-order valence-corrected chi connectivity index (χ3v) is 7.52. The predicted octanol–water partition coefficient (Wildman–Crippen LogP) is 4.12. The van der Waals surface area contributed by atoms with Gasteiger partial charge in [-0.3, -0.25) is 4.90 Å². The van der Waals surface area contributed by atoms with Crippen LogP contribution in [0.15, 0.2) is 41.3 Å². The molecule has 162 valence electrons. The number of fused-ring (bicyclic) bond motifs is 1. The molecule has 4 atom stereocenters. The molecule has 1 fully saturated rings. The van der Waals surface area contributed by atoms with Crippen molar-refractivity contribution in [2.75, 3.05) is 19.3 Å². The highest BCUT2D eigenvalue weighted by Crippen LogP contribution is 2.43. The first-order valence-electron chi connectivity index (χ1n) is 10.1. The fourth-order valence-electron chi connectivity index (χ4n) is 4.63. The van der Waals surface area contributed by atoms with Crippen molar-refractivity contribution in [2.45, 2.75) is 49.4 Å². The van der Waals surface area contributed by atoms with E-state index in [1.807, 2.05) is 6.07 Å². The Hall–Kier alpha value is -1.31. The molecular weight excluding hydrogens is 443 g/mol. The second-order valence-corrected chi connectivity index (χ2v) is 11.3. The molecule has 1 aliphatic carbocycles. The fourth-order valence-corrected chi connectivity index (χ4v) is 5.85. The van der Waals surface area contributed by atoms with Gasteiger partial charge in [0.05, 0.1) is 10.9 Å². The van der Waals surface area contributed by atoms with Gasteiger partial charge in [0.1, 0.15) is 11.9 Å². The molecule has 0 saturated carbocycles. The van der Waals surface area contributed by atoms with E-state index in [0.717, 1.165) is 30.6 Å². The maximum atomic E-state index is 11.8. The van der Waals surface area contributed by atoms with Crippen LogP contribution in [0.3, 0.4) is 0 Å². The molecule has 5 nitrogen and oxygen atoms in total. The van der Waals surface area contributed by atoms with Gasteiger partial charge in [0.25, 0.3) is 0 Å². The van der Waals surface area contributed by atoms with Gasteiger partial charge in [-0.1, -0.05) is 23.2 Å². The summed E-state index contributed by atoms with van der Waals surface area (Å²) >= 11 is 12.9. The van der Waals surface area contributed by atoms with E-state index in [1.54, 1.807) is 30.3 Å². The Morgan fingerprint density at radius 1 is 1.07 bits per heavy atom. The second kappa shape index (κ2) is 8.32. The molecule has 0 unspecified atom stereocenters. The Morgan fingerprint density at radius 3 is 2.30 bits per heavy atom. The lowest BCUT2D eigenvalue weighted by Gasteiger charge is -2.41. The number of piperazine rings is 1. The summed E-state index contributed by atoms with van der Waals surface area (Å²) < 4.78 is 30.0. The number of halogens is 2. The van der Waals surface area contributed by atoms with Crippen LogP contribution >= 0.6 is 23.2 Å². The lowest BCUT2D eigenvalue weighted by molar-refractivity contribution is 0.0480. The summed E-state index contributed by atoms with van der Waals surface area (Å²) in [6, 6.07) is 11.2. The first-order chi connectivity index (χ1) is 14.1. The maximum absolute atomic E-state index is 11.8. The number of ether oxygens (including phenoxy) is 1. The molecular formula is C22H26Cl2N2O3S. The number of benzene rings is 2. The van der Waals surface area contributed by atoms with Crippen molar-refractivity contribution in [1.82, 2.24) is 10.2 Å². The zero-order valence-corrected chi connectivity index (χ0v) is 19.6.